The number of nitrogens with zero attached hydrogens (tertiary/aromatic N) is 1. The lowest BCUT2D eigenvalue weighted by molar-refractivity contribution is -0.141. The molecule has 2 amide bonds. The maximum atomic E-state index is 13.1. The summed E-state index contributed by atoms with van der Waals surface area (Å²) < 4.78 is 0. The largest absolute Gasteiger partial charge is 0.508 e. The van der Waals surface area contributed by atoms with Crippen LogP contribution in [0.3, 0.4) is 0 Å². The second-order valence-corrected chi connectivity index (χ2v) is 10.4. The molecule has 0 spiro atoms. The first kappa shape index (κ1) is 28.2. The Morgan fingerprint density at radius 2 is 1.69 bits per heavy atom. The number of aromatic hydroxyl groups is 1. The fourth-order valence-corrected chi connectivity index (χ4v) is 5.46. The number of nitrogens with one attached hydrogen (secondary N) is 3. The predicted octanol–water partition coefficient (Wildman–Crippen LogP) is 2.35. The molecule has 0 aliphatic carbocycles. The average molecular weight is 535 g/mol. The smallest absolute Gasteiger partial charge is 0.326 e. The van der Waals surface area contributed by atoms with Gasteiger partial charge in [0.2, 0.25) is 11.8 Å². The third-order valence-electron chi connectivity index (χ3n) is 7.45. The maximum Gasteiger partial charge on any atom is 0.326 e. The molecule has 2 aromatic carbocycles. The summed E-state index contributed by atoms with van der Waals surface area (Å²) in [6.07, 6.45) is 4.14. The summed E-state index contributed by atoms with van der Waals surface area (Å²) in [5.41, 5.74) is 2.40. The first-order valence-electron chi connectivity index (χ1n) is 13.6. The van der Waals surface area contributed by atoms with Gasteiger partial charge in [0.25, 0.3) is 0 Å². The van der Waals surface area contributed by atoms with E-state index in [1.807, 2.05) is 35.2 Å². The number of phenolic OH excluding ortho intramolecular Hbond substituents is 1. The Morgan fingerprint density at radius 3 is 2.36 bits per heavy atom. The van der Waals surface area contributed by atoms with Crippen LogP contribution in [0.25, 0.3) is 0 Å². The van der Waals surface area contributed by atoms with Gasteiger partial charge in [0, 0.05) is 31.1 Å². The van der Waals surface area contributed by atoms with Gasteiger partial charge in [-0.2, -0.15) is 0 Å². The van der Waals surface area contributed by atoms with Crippen molar-refractivity contribution in [3.05, 3.63) is 78.0 Å². The predicted molar refractivity (Wildman–Crippen MR) is 148 cm³/mol. The highest BCUT2D eigenvalue weighted by atomic mass is 16.4. The van der Waals surface area contributed by atoms with Gasteiger partial charge in [-0.3, -0.25) is 9.59 Å². The van der Waals surface area contributed by atoms with Crippen LogP contribution in [0, 0.1) is 0 Å². The molecule has 0 bridgehead atoms. The van der Waals surface area contributed by atoms with Crippen molar-refractivity contribution < 1.29 is 24.6 Å². The van der Waals surface area contributed by atoms with E-state index in [2.05, 4.69) is 22.5 Å². The van der Waals surface area contributed by atoms with E-state index in [0.717, 1.165) is 43.4 Å². The van der Waals surface area contributed by atoms with E-state index in [0.29, 0.717) is 18.7 Å². The Hall–Kier alpha value is -3.85. The molecule has 2 heterocycles. The highest BCUT2D eigenvalue weighted by Crippen LogP contribution is 2.25. The molecule has 9 heteroatoms. The number of aliphatic carboxylic acids is 1. The van der Waals surface area contributed by atoms with Gasteiger partial charge in [0.05, 0.1) is 12.1 Å². The van der Waals surface area contributed by atoms with Gasteiger partial charge in [-0.05, 0) is 61.9 Å². The molecular weight excluding hydrogens is 496 g/mol. The summed E-state index contributed by atoms with van der Waals surface area (Å²) in [6.45, 7) is 5.77. The number of benzene rings is 2. The van der Waals surface area contributed by atoms with E-state index in [4.69, 9.17) is 0 Å². The van der Waals surface area contributed by atoms with Gasteiger partial charge in [-0.25, -0.2) is 4.79 Å². The minimum absolute atomic E-state index is 0.0172. The molecule has 4 rings (SSSR count). The molecule has 2 aliphatic rings. The molecule has 2 aliphatic heterocycles. The van der Waals surface area contributed by atoms with Gasteiger partial charge in [-0.15, -0.1) is 0 Å². The van der Waals surface area contributed by atoms with Crippen molar-refractivity contribution in [2.24, 2.45) is 0 Å². The number of amides is 2. The number of rotatable bonds is 12. The van der Waals surface area contributed by atoms with Crippen molar-refractivity contribution in [1.29, 1.82) is 0 Å². The summed E-state index contributed by atoms with van der Waals surface area (Å²) in [4.78, 5) is 40.0. The number of phenols is 1. The van der Waals surface area contributed by atoms with E-state index in [1.54, 1.807) is 24.3 Å². The molecule has 208 valence electrons. The van der Waals surface area contributed by atoms with Gasteiger partial charge < -0.3 is 31.1 Å². The monoisotopic (exact) mass is 534 g/mol. The molecule has 9 nitrogen and oxygen atoms in total. The van der Waals surface area contributed by atoms with Crippen molar-refractivity contribution in [3.63, 3.8) is 0 Å². The minimum atomic E-state index is -1.10. The number of likely N-dealkylation sites (tertiary alicyclic amines) is 1. The molecule has 4 unspecified atom stereocenters. The van der Waals surface area contributed by atoms with Crippen LogP contribution in [-0.2, 0) is 27.2 Å². The Balaban J connectivity index is 1.44. The Bertz CT molecular complexity index is 1150. The first-order chi connectivity index (χ1) is 18.8. The molecule has 0 aromatic heterocycles. The van der Waals surface area contributed by atoms with Crippen LogP contribution in [0.2, 0.25) is 0 Å². The van der Waals surface area contributed by atoms with Crippen molar-refractivity contribution >= 4 is 17.8 Å². The standard InChI is InChI=1S/C30H38N4O5/c1-20(27-10-6-16-34(27)29(37)25-9-5-15-31-25)32-23(17-22-11-13-24(35)14-12-22)19-28(36)33-26(30(38)39)18-21-7-3-2-4-8-21/h2-4,7-8,11-14,23,25-27,31-32,35H,1,5-6,9-10,15-19H2,(H,33,36)(H,38,39). The fraction of sp³-hybridized carbons (Fsp3) is 0.433. The van der Waals surface area contributed by atoms with Crippen molar-refractivity contribution in [1.82, 2.24) is 20.9 Å². The molecular formula is C30H38N4O5. The van der Waals surface area contributed by atoms with E-state index in [1.165, 1.54) is 0 Å². The molecule has 0 radical (unpaired) electrons. The van der Waals surface area contributed by atoms with Gasteiger partial charge in [-0.1, -0.05) is 49.0 Å². The number of carboxylic acids is 1. The van der Waals surface area contributed by atoms with E-state index >= 15 is 0 Å². The van der Waals surface area contributed by atoms with Crippen LogP contribution in [0.15, 0.2) is 66.9 Å². The van der Waals surface area contributed by atoms with E-state index in [-0.39, 0.29) is 36.6 Å². The van der Waals surface area contributed by atoms with Crippen LogP contribution in [-0.4, -0.2) is 70.2 Å². The summed E-state index contributed by atoms with van der Waals surface area (Å²) in [6, 6.07) is 14.2. The summed E-state index contributed by atoms with van der Waals surface area (Å²) >= 11 is 0. The molecule has 2 aromatic rings. The van der Waals surface area contributed by atoms with Crippen LogP contribution in [0.5, 0.6) is 5.75 Å². The van der Waals surface area contributed by atoms with E-state index in [9.17, 15) is 24.6 Å². The lowest BCUT2D eigenvalue weighted by Gasteiger charge is -2.31. The third kappa shape index (κ3) is 7.83. The maximum absolute atomic E-state index is 13.1. The van der Waals surface area contributed by atoms with Crippen molar-refractivity contribution in [2.45, 2.75) is 69.1 Å². The highest BCUT2D eigenvalue weighted by molar-refractivity contribution is 5.84. The zero-order chi connectivity index (χ0) is 27.8. The quantitative estimate of drug-likeness (QED) is 0.283. The van der Waals surface area contributed by atoms with Crippen molar-refractivity contribution in [2.75, 3.05) is 13.1 Å². The summed E-state index contributed by atoms with van der Waals surface area (Å²) in [5, 5.41) is 28.8. The Morgan fingerprint density at radius 1 is 0.974 bits per heavy atom. The molecule has 39 heavy (non-hydrogen) atoms. The Kier molecular flexibility index (Phi) is 9.59. The zero-order valence-corrected chi connectivity index (χ0v) is 22.1. The second-order valence-electron chi connectivity index (χ2n) is 10.4. The highest BCUT2D eigenvalue weighted by Gasteiger charge is 2.36. The second kappa shape index (κ2) is 13.3. The number of carbonyl (C=O) groups excluding carboxylic acids is 2. The van der Waals surface area contributed by atoms with Crippen LogP contribution >= 0.6 is 0 Å². The normalized spacial score (nSPS) is 20.3. The van der Waals surface area contributed by atoms with Crippen LogP contribution < -0.4 is 16.0 Å². The number of hydrogen-bond acceptors (Lipinski definition) is 6. The van der Waals surface area contributed by atoms with Gasteiger partial charge in [0.15, 0.2) is 0 Å². The Labute approximate surface area is 229 Å². The van der Waals surface area contributed by atoms with Gasteiger partial charge >= 0.3 is 5.97 Å². The van der Waals surface area contributed by atoms with Crippen molar-refractivity contribution in [3.8, 4) is 5.75 Å². The zero-order valence-electron chi connectivity index (χ0n) is 22.1. The summed E-state index contributed by atoms with van der Waals surface area (Å²) in [5.74, 6) is -1.25. The molecule has 2 saturated heterocycles. The lowest BCUT2D eigenvalue weighted by atomic mass is 10.0. The average Bonchev–Trinajstić information content (AvgIpc) is 3.63. The number of carboxylic acid groups (broad SMARTS) is 1. The number of carbonyl (C=O) groups is 3. The first-order valence-corrected chi connectivity index (χ1v) is 13.6. The molecule has 0 saturated carbocycles. The topological polar surface area (TPSA) is 131 Å². The third-order valence-corrected chi connectivity index (χ3v) is 7.45. The van der Waals surface area contributed by atoms with Crippen LogP contribution in [0.4, 0.5) is 0 Å². The molecule has 4 atom stereocenters. The SMILES string of the molecule is C=C(NC(CC(=O)NC(Cc1ccccc1)C(=O)O)Cc1ccc(O)cc1)C1CCCN1C(=O)C1CCCN1. The van der Waals surface area contributed by atoms with Crippen LogP contribution in [0.1, 0.15) is 43.2 Å². The fourth-order valence-electron chi connectivity index (χ4n) is 5.46. The molecule has 5 N–H and O–H groups in total. The van der Waals surface area contributed by atoms with Gasteiger partial charge in [0.1, 0.15) is 11.8 Å². The van der Waals surface area contributed by atoms with E-state index < -0.39 is 24.0 Å². The lowest BCUT2D eigenvalue weighted by Crippen LogP contribution is -2.49. The summed E-state index contributed by atoms with van der Waals surface area (Å²) in [7, 11) is 0. The molecule has 2 fully saturated rings. The number of hydrogen-bond donors (Lipinski definition) is 5. The minimum Gasteiger partial charge on any atom is -0.508 e.